The van der Waals surface area contributed by atoms with Gasteiger partial charge >= 0.3 is 0 Å². The van der Waals surface area contributed by atoms with E-state index in [0.717, 1.165) is 23.2 Å². The number of likely N-dealkylation sites (tertiary alicyclic amines) is 1. The van der Waals surface area contributed by atoms with E-state index in [1.807, 2.05) is 12.1 Å². The Morgan fingerprint density at radius 1 is 1.21 bits per heavy atom. The lowest BCUT2D eigenvalue weighted by Crippen LogP contribution is -2.36. The summed E-state index contributed by atoms with van der Waals surface area (Å²) < 4.78 is 0.947. The van der Waals surface area contributed by atoms with Crippen molar-refractivity contribution in [3.8, 4) is 0 Å². The van der Waals surface area contributed by atoms with Crippen LogP contribution in [-0.2, 0) is 4.79 Å². The predicted octanol–water partition coefficient (Wildman–Crippen LogP) is 3.49. The number of carbonyl (C=O) groups excluding carboxylic acids is 1. The van der Waals surface area contributed by atoms with Crippen molar-refractivity contribution in [3.63, 3.8) is 0 Å². The van der Waals surface area contributed by atoms with Crippen LogP contribution >= 0.6 is 15.9 Å². The first-order valence-electron chi connectivity index (χ1n) is 6.85. The van der Waals surface area contributed by atoms with Gasteiger partial charge in [-0.1, -0.05) is 6.42 Å². The van der Waals surface area contributed by atoms with Crippen LogP contribution in [0.5, 0.6) is 0 Å². The standard InChI is InChI=1S/C15H21BrN2O/c1-11-8-13(16)14(9-12(11)2)17-15(19)10-18-6-4-3-5-7-18/h8-9H,3-7,10H2,1-2H3,(H,17,19). The van der Waals surface area contributed by atoms with Gasteiger partial charge in [-0.25, -0.2) is 0 Å². The van der Waals surface area contributed by atoms with Crippen molar-refractivity contribution in [2.75, 3.05) is 25.0 Å². The first kappa shape index (κ1) is 14.5. The first-order chi connectivity index (χ1) is 9.06. The lowest BCUT2D eigenvalue weighted by Gasteiger charge is -2.25. The Morgan fingerprint density at radius 2 is 1.84 bits per heavy atom. The molecule has 1 amide bonds. The molecule has 1 aromatic rings. The smallest absolute Gasteiger partial charge is 0.238 e. The third-order valence-corrected chi connectivity index (χ3v) is 4.33. The molecule has 0 spiro atoms. The molecule has 4 heteroatoms. The number of hydrogen-bond donors (Lipinski definition) is 1. The van der Waals surface area contributed by atoms with Crippen LogP contribution in [0, 0.1) is 13.8 Å². The van der Waals surface area contributed by atoms with Crippen LogP contribution in [0.25, 0.3) is 0 Å². The third-order valence-electron chi connectivity index (χ3n) is 3.67. The number of hydrogen-bond acceptors (Lipinski definition) is 2. The number of anilines is 1. The Kier molecular flexibility index (Phi) is 4.99. The van der Waals surface area contributed by atoms with Crippen molar-refractivity contribution < 1.29 is 4.79 Å². The van der Waals surface area contributed by atoms with Crippen LogP contribution in [-0.4, -0.2) is 30.4 Å². The number of nitrogens with zero attached hydrogens (tertiary/aromatic N) is 1. The van der Waals surface area contributed by atoms with Gasteiger partial charge < -0.3 is 5.32 Å². The molecule has 104 valence electrons. The molecule has 3 nitrogen and oxygen atoms in total. The van der Waals surface area contributed by atoms with E-state index in [1.165, 1.54) is 30.4 Å². The largest absolute Gasteiger partial charge is 0.324 e. The number of rotatable bonds is 3. The Bertz CT molecular complexity index is 467. The second-order valence-corrected chi connectivity index (χ2v) is 6.16. The zero-order valence-electron chi connectivity index (χ0n) is 11.6. The normalized spacial score (nSPS) is 16.4. The summed E-state index contributed by atoms with van der Waals surface area (Å²) in [6.45, 7) is 6.71. The fourth-order valence-corrected chi connectivity index (χ4v) is 2.94. The maximum atomic E-state index is 12.1. The van der Waals surface area contributed by atoms with E-state index in [9.17, 15) is 4.79 Å². The summed E-state index contributed by atoms with van der Waals surface area (Å²) >= 11 is 3.51. The molecule has 1 saturated heterocycles. The molecule has 0 radical (unpaired) electrons. The van der Waals surface area contributed by atoms with Crippen molar-refractivity contribution >= 4 is 27.5 Å². The molecule has 1 aromatic carbocycles. The van der Waals surface area contributed by atoms with E-state index in [2.05, 4.69) is 40.0 Å². The van der Waals surface area contributed by atoms with Gasteiger partial charge in [0.2, 0.25) is 5.91 Å². The van der Waals surface area contributed by atoms with E-state index in [0.29, 0.717) is 6.54 Å². The van der Waals surface area contributed by atoms with Crippen LogP contribution in [0.1, 0.15) is 30.4 Å². The van der Waals surface area contributed by atoms with Gasteiger partial charge in [0.25, 0.3) is 0 Å². The molecule has 1 N–H and O–H groups in total. The Hall–Kier alpha value is -0.870. The van der Waals surface area contributed by atoms with E-state index in [-0.39, 0.29) is 5.91 Å². The number of benzene rings is 1. The maximum absolute atomic E-state index is 12.1. The molecular formula is C15H21BrN2O. The quantitative estimate of drug-likeness (QED) is 0.923. The van der Waals surface area contributed by atoms with Gasteiger partial charge in [-0.2, -0.15) is 0 Å². The Morgan fingerprint density at radius 3 is 2.53 bits per heavy atom. The van der Waals surface area contributed by atoms with Crippen molar-refractivity contribution in [2.45, 2.75) is 33.1 Å². The van der Waals surface area contributed by atoms with Crippen LogP contribution in [0.3, 0.4) is 0 Å². The van der Waals surface area contributed by atoms with Gasteiger partial charge in [-0.3, -0.25) is 9.69 Å². The van der Waals surface area contributed by atoms with Gasteiger partial charge in [0.1, 0.15) is 0 Å². The third kappa shape index (κ3) is 4.05. The monoisotopic (exact) mass is 324 g/mol. The number of piperidine rings is 1. The van der Waals surface area contributed by atoms with Crippen LogP contribution in [0.15, 0.2) is 16.6 Å². The highest BCUT2D eigenvalue weighted by atomic mass is 79.9. The predicted molar refractivity (Wildman–Crippen MR) is 82.5 cm³/mol. The average Bonchev–Trinajstić information content (AvgIpc) is 2.37. The lowest BCUT2D eigenvalue weighted by atomic mass is 10.1. The molecule has 0 unspecified atom stereocenters. The highest BCUT2D eigenvalue weighted by Gasteiger charge is 2.14. The molecule has 0 saturated carbocycles. The van der Waals surface area contributed by atoms with Gasteiger partial charge in [-0.05, 0) is 79.0 Å². The van der Waals surface area contributed by atoms with E-state index >= 15 is 0 Å². The lowest BCUT2D eigenvalue weighted by molar-refractivity contribution is -0.117. The molecule has 2 rings (SSSR count). The van der Waals surface area contributed by atoms with Crippen LogP contribution in [0.4, 0.5) is 5.69 Å². The van der Waals surface area contributed by atoms with Gasteiger partial charge in [0.15, 0.2) is 0 Å². The fraction of sp³-hybridized carbons (Fsp3) is 0.533. The molecule has 0 aliphatic carbocycles. The first-order valence-corrected chi connectivity index (χ1v) is 7.64. The molecule has 1 fully saturated rings. The second kappa shape index (κ2) is 6.53. The van der Waals surface area contributed by atoms with Crippen molar-refractivity contribution in [2.24, 2.45) is 0 Å². The molecule has 19 heavy (non-hydrogen) atoms. The van der Waals surface area contributed by atoms with Gasteiger partial charge in [0.05, 0.1) is 12.2 Å². The Balaban J connectivity index is 1.96. The zero-order chi connectivity index (χ0) is 13.8. The highest BCUT2D eigenvalue weighted by Crippen LogP contribution is 2.26. The second-order valence-electron chi connectivity index (χ2n) is 5.30. The van der Waals surface area contributed by atoms with E-state index in [4.69, 9.17) is 0 Å². The molecule has 0 aromatic heterocycles. The average molecular weight is 325 g/mol. The fourth-order valence-electron chi connectivity index (χ4n) is 2.39. The molecule has 1 aliphatic rings. The summed E-state index contributed by atoms with van der Waals surface area (Å²) in [7, 11) is 0. The number of amides is 1. The zero-order valence-corrected chi connectivity index (χ0v) is 13.2. The van der Waals surface area contributed by atoms with Crippen molar-refractivity contribution in [3.05, 3.63) is 27.7 Å². The molecule has 1 heterocycles. The molecule has 0 atom stereocenters. The summed E-state index contributed by atoms with van der Waals surface area (Å²) in [6.07, 6.45) is 3.71. The minimum Gasteiger partial charge on any atom is -0.324 e. The summed E-state index contributed by atoms with van der Waals surface area (Å²) in [5.74, 6) is 0.0749. The van der Waals surface area contributed by atoms with Gasteiger partial charge in [0, 0.05) is 4.47 Å². The molecule has 1 aliphatic heterocycles. The minimum absolute atomic E-state index is 0.0749. The number of nitrogens with one attached hydrogen (secondary N) is 1. The van der Waals surface area contributed by atoms with Crippen molar-refractivity contribution in [1.82, 2.24) is 4.90 Å². The highest BCUT2D eigenvalue weighted by molar-refractivity contribution is 9.10. The number of halogens is 1. The van der Waals surface area contributed by atoms with Gasteiger partial charge in [-0.15, -0.1) is 0 Å². The molecule has 0 bridgehead atoms. The summed E-state index contributed by atoms with van der Waals surface area (Å²) in [6, 6.07) is 4.07. The number of carbonyl (C=O) groups is 1. The number of aryl methyl sites for hydroxylation is 2. The topological polar surface area (TPSA) is 32.3 Å². The van der Waals surface area contributed by atoms with Crippen LogP contribution in [0.2, 0.25) is 0 Å². The van der Waals surface area contributed by atoms with E-state index in [1.54, 1.807) is 0 Å². The van der Waals surface area contributed by atoms with Crippen molar-refractivity contribution in [1.29, 1.82) is 0 Å². The van der Waals surface area contributed by atoms with Crippen LogP contribution < -0.4 is 5.32 Å². The Labute approximate surface area is 123 Å². The summed E-state index contributed by atoms with van der Waals surface area (Å²) in [4.78, 5) is 14.3. The minimum atomic E-state index is 0.0749. The maximum Gasteiger partial charge on any atom is 0.238 e. The molecular weight excluding hydrogens is 304 g/mol. The SMILES string of the molecule is Cc1cc(Br)c(NC(=O)CN2CCCCC2)cc1C. The summed E-state index contributed by atoms with van der Waals surface area (Å²) in [5, 5.41) is 3.00. The van der Waals surface area contributed by atoms with E-state index < -0.39 is 0 Å². The summed E-state index contributed by atoms with van der Waals surface area (Å²) in [5.41, 5.74) is 3.28.